The number of nitro benzene ring substituents is 1. The lowest BCUT2D eigenvalue weighted by atomic mass is 10.2. The average Bonchev–Trinajstić information content (AvgIpc) is 2.43. The van der Waals surface area contributed by atoms with E-state index in [0.29, 0.717) is 25.0 Å². The van der Waals surface area contributed by atoms with Crippen LogP contribution in [0.1, 0.15) is 26.2 Å². The van der Waals surface area contributed by atoms with Crippen LogP contribution in [0.3, 0.4) is 0 Å². The second-order valence-corrected chi connectivity index (χ2v) is 3.94. The summed E-state index contributed by atoms with van der Waals surface area (Å²) in [5, 5.41) is 10.9. The molecule has 0 aliphatic rings. The van der Waals surface area contributed by atoms with Crippen LogP contribution in [0.4, 0.5) is 5.69 Å². The Hall–Kier alpha value is -2.11. The fraction of sp³-hybridized carbons (Fsp3) is 0.462. The number of benzene rings is 1. The van der Waals surface area contributed by atoms with Crippen molar-refractivity contribution < 1.29 is 19.2 Å². The van der Waals surface area contributed by atoms with Crippen molar-refractivity contribution in [1.82, 2.24) is 0 Å². The van der Waals surface area contributed by atoms with Gasteiger partial charge in [-0.1, -0.05) is 6.92 Å². The van der Waals surface area contributed by atoms with Crippen LogP contribution in [-0.2, 0) is 4.79 Å². The van der Waals surface area contributed by atoms with Crippen molar-refractivity contribution in [2.45, 2.75) is 26.2 Å². The Morgan fingerprint density at radius 3 is 2.74 bits per heavy atom. The predicted octanol–water partition coefficient (Wildman–Crippen LogP) is 2.74. The quantitative estimate of drug-likeness (QED) is 0.411. The van der Waals surface area contributed by atoms with Gasteiger partial charge in [0.25, 0.3) is 0 Å². The van der Waals surface area contributed by atoms with Crippen LogP contribution < -0.4 is 9.47 Å². The minimum Gasteiger partial charge on any atom is -0.496 e. The molecule has 0 heterocycles. The van der Waals surface area contributed by atoms with E-state index in [2.05, 4.69) is 0 Å². The minimum atomic E-state index is -0.519. The summed E-state index contributed by atoms with van der Waals surface area (Å²) < 4.78 is 10.3. The molecule has 0 saturated heterocycles. The third kappa shape index (κ3) is 4.57. The Balaban J connectivity index is 2.62. The van der Waals surface area contributed by atoms with Crippen molar-refractivity contribution in [2.24, 2.45) is 0 Å². The number of ketones is 1. The van der Waals surface area contributed by atoms with E-state index in [1.807, 2.05) is 0 Å². The molecular weight excluding hydrogens is 250 g/mol. The molecule has 1 aromatic carbocycles. The van der Waals surface area contributed by atoms with E-state index in [9.17, 15) is 14.9 Å². The number of nitrogens with zero attached hydrogens (tertiary/aromatic N) is 1. The lowest BCUT2D eigenvalue weighted by Gasteiger charge is -2.07. The number of ether oxygens (including phenoxy) is 2. The fourth-order valence-corrected chi connectivity index (χ4v) is 1.52. The van der Waals surface area contributed by atoms with E-state index in [1.54, 1.807) is 13.0 Å². The molecule has 1 aromatic rings. The highest BCUT2D eigenvalue weighted by molar-refractivity contribution is 5.77. The second kappa shape index (κ2) is 7.35. The van der Waals surface area contributed by atoms with E-state index in [4.69, 9.17) is 9.47 Å². The molecule has 0 aromatic heterocycles. The zero-order valence-electron chi connectivity index (χ0n) is 11.0. The van der Waals surface area contributed by atoms with Gasteiger partial charge in [-0.15, -0.1) is 0 Å². The molecule has 0 amide bonds. The number of Topliss-reactive ketones (excluding diaryl/α,β-unsaturated/α-hetero) is 1. The number of rotatable bonds is 8. The smallest absolute Gasteiger partial charge is 0.314 e. The molecule has 104 valence electrons. The standard InChI is InChI=1S/C13H17NO5/c1-3-10(15)5-4-8-19-13-7-6-11(18-2)9-12(13)14(16)17/h6-7,9H,3-5,8H2,1-2H3. The SMILES string of the molecule is CCC(=O)CCCOc1ccc(OC)cc1[N+](=O)[O-]. The molecule has 0 atom stereocenters. The summed E-state index contributed by atoms with van der Waals surface area (Å²) in [6, 6.07) is 4.41. The van der Waals surface area contributed by atoms with Crippen LogP contribution in [0.2, 0.25) is 0 Å². The van der Waals surface area contributed by atoms with Crippen molar-refractivity contribution in [3.63, 3.8) is 0 Å². The maximum atomic E-state index is 11.1. The summed E-state index contributed by atoms with van der Waals surface area (Å²) in [6.45, 7) is 2.08. The normalized spacial score (nSPS) is 10.0. The summed E-state index contributed by atoms with van der Waals surface area (Å²) in [5.41, 5.74) is -0.138. The van der Waals surface area contributed by atoms with Crippen LogP contribution in [-0.4, -0.2) is 24.4 Å². The van der Waals surface area contributed by atoms with E-state index in [-0.39, 0.29) is 23.8 Å². The average molecular weight is 267 g/mol. The molecule has 0 aliphatic carbocycles. The van der Waals surface area contributed by atoms with E-state index < -0.39 is 4.92 Å². The molecule has 6 nitrogen and oxygen atoms in total. The number of methoxy groups -OCH3 is 1. The van der Waals surface area contributed by atoms with Gasteiger partial charge in [0.1, 0.15) is 11.5 Å². The molecule has 0 radical (unpaired) electrons. The second-order valence-electron chi connectivity index (χ2n) is 3.94. The monoisotopic (exact) mass is 267 g/mol. The Bertz CT molecular complexity index is 458. The van der Waals surface area contributed by atoms with Gasteiger partial charge in [0.2, 0.25) is 0 Å². The molecule has 0 bridgehead atoms. The molecule has 0 spiro atoms. The Morgan fingerprint density at radius 2 is 2.16 bits per heavy atom. The maximum Gasteiger partial charge on any atom is 0.314 e. The molecule has 0 aliphatic heterocycles. The van der Waals surface area contributed by atoms with Crippen LogP contribution in [0.25, 0.3) is 0 Å². The first kappa shape index (κ1) is 14.9. The van der Waals surface area contributed by atoms with Gasteiger partial charge < -0.3 is 9.47 Å². The maximum absolute atomic E-state index is 11.1. The fourth-order valence-electron chi connectivity index (χ4n) is 1.52. The van der Waals surface area contributed by atoms with Crippen molar-refractivity contribution in [3.8, 4) is 11.5 Å². The molecule has 19 heavy (non-hydrogen) atoms. The van der Waals surface area contributed by atoms with Gasteiger partial charge in [-0.05, 0) is 18.6 Å². The molecule has 6 heteroatoms. The molecule has 0 unspecified atom stereocenters. The molecule has 1 rings (SSSR count). The topological polar surface area (TPSA) is 78.7 Å². The van der Waals surface area contributed by atoms with Crippen LogP contribution in [0, 0.1) is 10.1 Å². The summed E-state index contributed by atoms with van der Waals surface area (Å²) in [6.07, 6.45) is 1.49. The number of carbonyl (C=O) groups is 1. The van der Waals surface area contributed by atoms with Gasteiger partial charge in [-0.3, -0.25) is 14.9 Å². The third-order valence-electron chi connectivity index (χ3n) is 2.61. The van der Waals surface area contributed by atoms with Crippen molar-refractivity contribution in [3.05, 3.63) is 28.3 Å². The van der Waals surface area contributed by atoms with E-state index in [1.165, 1.54) is 19.2 Å². The zero-order chi connectivity index (χ0) is 14.3. The lowest BCUT2D eigenvalue weighted by Crippen LogP contribution is -2.04. The highest BCUT2D eigenvalue weighted by atomic mass is 16.6. The molecule has 0 N–H and O–H groups in total. The first-order chi connectivity index (χ1) is 9.08. The summed E-state index contributed by atoms with van der Waals surface area (Å²) in [4.78, 5) is 21.5. The largest absolute Gasteiger partial charge is 0.496 e. The first-order valence-corrected chi connectivity index (χ1v) is 6.05. The van der Waals surface area contributed by atoms with Crippen molar-refractivity contribution >= 4 is 11.5 Å². The van der Waals surface area contributed by atoms with Gasteiger partial charge in [0, 0.05) is 12.8 Å². The Labute approximate surface area is 111 Å². The highest BCUT2D eigenvalue weighted by Gasteiger charge is 2.16. The summed E-state index contributed by atoms with van der Waals surface area (Å²) in [5.74, 6) is 0.753. The molecule has 0 fully saturated rings. The van der Waals surface area contributed by atoms with Gasteiger partial charge in [0.05, 0.1) is 24.7 Å². The highest BCUT2D eigenvalue weighted by Crippen LogP contribution is 2.31. The third-order valence-corrected chi connectivity index (χ3v) is 2.61. The van der Waals surface area contributed by atoms with Gasteiger partial charge in [-0.2, -0.15) is 0 Å². The number of carbonyl (C=O) groups excluding carboxylic acids is 1. The number of nitro groups is 1. The summed E-state index contributed by atoms with van der Waals surface area (Å²) >= 11 is 0. The van der Waals surface area contributed by atoms with Crippen LogP contribution >= 0.6 is 0 Å². The predicted molar refractivity (Wildman–Crippen MR) is 69.7 cm³/mol. The zero-order valence-corrected chi connectivity index (χ0v) is 11.0. The van der Waals surface area contributed by atoms with Gasteiger partial charge in [-0.25, -0.2) is 0 Å². The van der Waals surface area contributed by atoms with Crippen molar-refractivity contribution in [2.75, 3.05) is 13.7 Å². The van der Waals surface area contributed by atoms with Gasteiger partial charge in [0.15, 0.2) is 5.75 Å². The van der Waals surface area contributed by atoms with Gasteiger partial charge >= 0.3 is 5.69 Å². The Kier molecular flexibility index (Phi) is 5.78. The molecular formula is C13H17NO5. The van der Waals surface area contributed by atoms with E-state index >= 15 is 0 Å². The minimum absolute atomic E-state index is 0.138. The van der Waals surface area contributed by atoms with Crippen LogP contribution in [0.15, 0.2) is 18.2 Å². The number of hydrogen-bond donors (Lipinski definition) is 0. The first-order valence-electron chi connectivity index (χ1n) is 6.05. The lowest BCUT2D eigenvalue weighted by molar-refractivity contribution is -0.385. The summed E-state index contributed by atoms with van der Waals surface area (Å²) in [7, 11) is 1.44. The molecule has 0 saturated carbocycles. The van der Waals surface area contributed by atoms with Crippen LogP contribution in [0.5, 0.6) is 11.5 Å². The number of hydrogen-bond acceptors (Lipinski definition) is 5. The Morgan fingerprint density at radius 1 is 1.42 bits per heavy atom. The van der Waals surface area contributed by atoms with E-state index in [0.717, 1.165) is 0 Å². The van der Waals surface area contributed by atoms with Crippen molar-refractivity contribution in [1.29, 1.82) is 0 Å².